The van der Waals surface area contributed by atoms with Crippen LogP contribution in [-0.2, 0) is 61.7 Å². The molecule has 0 saturated heterocycles. The lowest BCUT2D eigenvalue weighted by atomic mass is 10.4. The molecule has 0 heterocycles. The van der Waals surface area contributed by atoms with Crippen molar-refractivity contribution in [2.75, 3.05) is 132 Å². The normalized spacial score (nSPS) is 11.0. The Hall–Kier alpha value is -1.68. The molecule has 0 amide bonds. The molecule has 0 fully saturated rings. The van der Waals surface area contributed by atoms with Crippen molar-refractivity contribution in [3.05, 3.63) is 12.2 Å². The highest BCUT2D eigenvalue weighted by molar-refractivity contribution is 5.86. The summed E-state index contributed by atoms with van der Waals surface area (Å²) in [6.45, 7) is 15.1. The van der Waals surface area contributed by atoms with Crippen LogP contribution in [0, 0.1) is 0 Å². The number of carbonyl (C=O) groups is 2. The Balaban J connectivity index is 3.07. The maximum Gasteiger partial charge on any atom is 0.333 e. The molecule has 0 spiro atoms. The lowest BCUT2D eigenvalue weighted by molar-refractivity contribution is -0.143. The third kappa shape index (κ3) is 32.4. The minimum Gasteiger partial charge on any atom is -0.463 e. The van der Waals surface area contributed by atoms with Crippen LogP contribution >= 0.6 is 0 Å². The first-order chi connectivity index (χ1) is 19.0. The molecule has 0 rings (SSSR count). The van der Waals surface area contributed by atoms with E-state index in [1.165, 1.54) is 6.92 Å². The van der Waals surface area contributed by atoms with Gasteiger partial charge in [-0.25, -0.2) is 4.79 Å². The van der Waals surface area contributed by atoms with Crippen LogP contribution in [0.3, 0.4) is 0 Å². The first-order valence-electron chi connectivity index (χ1n) is 13.2. The van der Waals surface area contributed by atoms with Gasteiger partial charge in [0.2, 0.25) is 0 Å². The van der Waals surface area contributed by atoms with Crippen molar-refractivity contribution in [1.82, 2.24) is 0 Å². The highest BCUT2D eigenvalue weighted by Crippen LogP contribution is 1.92. The lowest BCUT2D eigenvalue weighted by Crippen LogP contribution is -2.15. The van der Waals surface area contributed by atoms with Gasteiger partial charge in [-0.3, -0.25) is 4.79 Å². The van der Waals surface area contributed by atoms with Crippen LogP contribution in [0.2, 0.25) is 0 Å². The molecule has 0 aliphatic heterocycles. The van der Waals surface area contributed by atoms with E-state index in [1.54, 1.807) is 6.92 Å². The van der Waals surface area contributed by atoms with E-state index in [1.807, 2.05) is 0 Å². The highest BCUT2D eigenvalue weighted by atomic mass is 16.6. The van der Waals surface area contributed by atoms with Crippen LogP contribution < -0.4 is 0 Å². The fourth-order valence-electron chi connectivity index (χ4n) is 2.42. The summed E-state index contributed by atoms with van der Waals surface area (Å²) in [6.07, 6.45) is 0. The summed E-state index contributed by atoms with van der Waals surface area (Å²) in [7, 11) is 0. The predicted molar refractivity (Wildman–Crippen MR) is 140 cm³/mol. The van der Waals surface area contributed by atoms with Gasteiger partial charge in [0.15, 0.2) is 0 Å². The fourth-order valence-corrected chi connectivity index (χ4v) is 2.42. The largest absolute Gasteiger partial charge is 0.463 e. The summed E-state index contributed by atoms with van der Waals surface area (Å²) in [5.74, 6) is -0.730. The summed E-state index contributed by atoms with van der Waals surface area (Å²) in [5, 5.41) is 0. The standard InChI is InChI=1S/C26H48O13/c1-24(2)26(28)39-23-21-37-19-17-35-15-13-33-11-9-31-7-5-29-4-6-30-8-10-32-12-14-34-16-18-36-20-22-38-25(3)27/h1,4-23H2,2-3H3. The summed E-state index contributed by atoms with van der Waals surface area (Å²) >= 11 is 0. The van der Waals surface area contributed by atoms with Crippen molar-refractivity contribution in [1.29, 1.82) is 0 Å². The van der Waals surface area contributed by atoms with Gasteiger partial charge in [-0.1, -0.05) is 6.58 Å². The summed E-state index contributed by atoms with van der Waals surface area (Å²) < 4.78 is 58.0. The zero-order chi connectivity index (χ0) is 28.7. The maximum atomic E-state index is 11.2. The molecule has 13 heteroatoms. The molecule has 39 heavy (non-hydrogen) atoms. The van der Waals surface area contributed by atoms with E-state index in [2.05, 4.69) is 6.58 Å². The van der Waals surface area contributed by atoms with E-state index in [9.17, 15) is 9.59 Å². The summed E-state index contributed by atoms with van der Waals surface area (Å²) in [6, 6.07) is 0. The van der Waals surface area contributed by atoms with E-state index >= 15 is 0 Å². The zero-order valence-electron chi connectivity index (χ0n) is 23.7. The third-order valence-electron chi connectivity index (χ3n) is 4.32. The Kier molecular flexibility index (Phi) is 29.5. The number of carbonyl (C=O) groups excluding carboxylic acids is 2. The van der Waals surface area contributed by atoms with Gasteiger partial charge in [0.25, 0.3) is 0 Å². The number of rotatable bonds is 31. The second-order valence-corrected chi connectivity index (χ2v) is 7.77. The number of hydrogen-bond acceptors (Lipinski definition) is 13. The molecule has 0 unspecified atom stereocenters. The Morgan fingerprint density at radius 1 is 0.385 bits per heavy atom. The van der Waals surface area contributed by atoms with E-state index in [4.69, 9.17) is 52.1 Å². The first-order valence-corrected chi connectivity index (χ1v) is 13.2. The Morgan fingerprint density at radius 2 is 0.590 bits per heavy atom. The number of esters is 2. The molecule has 0 aromatic heterocycles. The van der Waals surface area contributed by atoms with Crippen molar-refractivity contribution >= 4 is 11.9 Å². The van der Waals surface area contributed by atoms with Crippen LogP contribution in [0.15, 0.2) is 12.2 Å². The van der Waals surface area contributed by atoms with Crippen molar-refractivity contribution in [2.45, 2.75) is 13.8 Å². The molecule has 0 atom stereocenters. The van der Waals surface area contributed by atoms with Gasteiger partial charge in [-0.15, -0.1) is 0 Å². The van der Waals surface area contributed by atoms with Gasteiger partial charge in [0, 0.05) is 12.5 Å². The smallest absolute Gasteiger partial charge is 0.333 e. The van der Waals surface area contributed by atoms with Crippen molar-refractivity contribution in [3.63, 3.8) is 0 Å². The second kappa shape index (κ2) is 30.9. The molecule has 0 saturated carbocycles. The van der Waals surface area contributed by atoms with Crippen LogP contribution in [0.1, 0.15) is 13.8 Å². The summed E-state index contributed by atoms with van der Waals surface area (Å²) in [4.78, 5) is 21.7. The van der Waals surface area contributed by atoms with E-state index in [-0.39, 0.29) is 19.2 Å². The number of hydrogen-bond donors (Lipinski definition) is 0. The predicted octanol–water partition coefficient (Wildman–Crippen LogP) is 0.818. The molecule has 0 aromatic rings. The minimum absolute atomic E-state index is 0.197. The first kappa shape index (κ1) is 37.3. The maximum absolute atomic E-state index is 11.2. The van der Waals surface area contributed by atoms with E-state index < -0.39 is 5.97 Å². The van der Waals surface area contributed by atoms with Crippen molar-refractivity contribution in [3.8, 4) is 0 Å². The van der Waals surface area contributed by atoms with Gasteiger partial charge < -0.3 is 52.1 Å². The Bertz CT molecular complexity index is 574. The molecule has 0 aromatic carbocycles. The molecule has 0 bridgehead atoms. The molecule has 0 aliphatic carbocycles. The van der Waals surface area contributed by atoms with Crippen molar-refractivity contribution < 1.29 is 61.7 Å². The molecule has 230 valence electrons. The van der Waals surface area contributed by atoms with Gasteiger partial charge >= 0.3 is 11.9 Å². The Morgan fingerprint density at radius 3 is 0.795 bits per heavy atom. The monoisotopic (exact) mass is 568 g/mol. The van der Waals surface area contributed by atoms with Crippen LogP contribution in [0.4, 0.5) is 0 Å². The van der Waals surface area contributed by atoms with Gasteiger partial charge in [0.05, 0.1) is 119 Å². The second-order valence-electron chi connectivity index (χ2n) is 7.77. The lowest BCUT2D eigenvalue weighted by Gasteiger charge is -2.09. The molecule has 0 radical (unpaired) electrons. The van der Waals surface area contributed by atoms with Gasteiger partial charge in [-0.2, -0.15) is 0 Å². The van der Waals surface area contributed by atoms with E-state index in [0.29, 0.717) is 124 Å². The fraction of sp³-hybridized carbons (Fsp3) is 0.846. The summed E-state index contributed by atoms with van der Waals surface area (Å²) in [5.41, 5.74) is 0.367. The average molecular weight is 569 g/mol. The molecular weight excluding hydrogens is 520 g/mol. The topological polar surface area (TPSA) is 136 Å². The Labute approximate surface area is 232 Å². The molecule has 0 aliphatic rings. The van der Waals surface area contributed by atoms with Crippen molar-refractivity contribution in [2.24, 2.45) is 0 Å². The van der Waals surface area contributed by atoms with Gasteiger partial charge in [-0.05, 0) is 6.92 Å². The van der Waals surface area contributed by atoms with Crippen LogP contribution in [-0.4, -0.2) is 144 Å². The quantitative estimate of drug-likeness (QED) is 0.0664. The highest BCUT2D eigenvalue weighted by Gasteiger charge is 2.02. The number of ether oxygens (including phenoxy) is 11. The van der Waals surface area contributed by atoms with Gasteiger partial charge in [0.1, 0.15) is 13.2 Å². The molecular formula is C26H48O13. The molecule has 13 nitrogen and oxygen atoms in total. The third-order valence-corrected chi connectivity index (χ3v) is 4.32. The zero-order valence-corrected chi connectivity index (χ0v) is 23.7. The van der Waals surface area contributed by atoms with Crippen LogP contribution in [0.25, 0.3) is 0 Å². The van der Waals surface area contributed by atoms with Crippen LogP contribution in [0.5, 0.6) is 0 Å². The minimum atomic E-state index is -0.415. The molecule has 0 N–H and O–H groups in total. The van der Waals surface area contributed by atoms with E-state index in [0.717, 1.165) is 0 Å². The SMILES string of the molecule is C=C(C)C(=O)OCCOCCOCCOCCOCCOCCOCCOCCOCCOCCOC(C)=O. The average Bonchev–Trinajstić information content (AvgIpc) is 2.91.